The molecule has 22 heteroatoms. The molecule has 0 bridgehead atoms. The molecule has 4 rings (SSSR count). The minimum atomic E-state index is -1.30. The van der Waals surface area contributed by atoms with Crippen LogP contribution in [0, 0.1) is 23.8 Å². The van der Waals surface area contributed by atoms with Crippen LogP contribution in [0.25, 0.3) is 27.4 Å². The largest absolute Gasteiger partial charge is 0.490 e. The fourth-order valence-electron chi connectivity index (χ4n) is 5.77. The maximum absolute atomic E-state index is 13.1. The number of Topliss-reactive ketones (excluding diaryl/α,β-unsaturated/α-hetero) is 1. The number of nitrogens with two attached hydrogens (primary N) is 3. The van der Waals surface area contributed by atoms with Crippen molar-refractivity contribution < 1.29 is 57.6 Å². The lowest BCUT2D eigenvalue weighted by Gasteiger charge is -2.22. The Balaban J connectivity index is 1.48. The topological polar surface area (TPSA) is 328 Å². The number of aliphatic carboxylic acids is 2. The smallest absolute Gasteiger partial charge is 0.328 e. The summed E-state index contributed by atoms with van der Waals surface area (Å²) in [5.74, 6) is -5.66. The van der Waals surface area contributed by atoms with Crippen molar-refractivity contribution in [1.82, 2.24) is 15.3 Å². The van der Waals surface area contributed by atoms with Crippen LogP contribution in [0.3, 0.4) is 0 Å². The van der Waals surface area contributed by atoms with Crippen molar-refractivity contribution in [1.29, 1.82) is 5.26 Å². The van der Waals surface area contributed by atoms with Crippen molar-refractivity contribution >= 4 is 70.4 Å². The van der Waals surface area contributed by atoms with Crippen molar-refractivity contribution in [2.45, 2.75) is 81.0 Å². The van der Waals surface area contributed by atoms with Gasteiger partial charge in [-0.25, -0.2) is 19.6 Å². The number of aromatic nitrogens is 2. The van der Waals surface area contributed by atoms with E-state index in [9.17, 15) is 34.0 Å². The number of esters is 2. The number of halogens is 1. The zero-order chi connectivity index (χ0) is 47.8. The maximum Gasteiger partial charge on any atom is 0.328 e. The second kappa shape index (κ2) is 24.1. The van der Waals surface area contributed by atoms with Crippen molar-refractivity contribution in [2.24, 2.45) is 17.4 Å². The molecule has 0 saturated carbocycles. The fourth-order valence-corrected chi connectivity index (χ4v) is 6.77. The lowest BCUT2D eigenvalue weighted by molar-refractivity contribution is -0.164. The van der Waals surface area contributed by atoms with Gasteiger partial charge in [0.1, 0.15) is 66.0 Å². The van der Waals surface area contributed by atoms with Crippen LogP contribution in [0.2, 0.25) is 5.02 Å². The average Bonchev–Trinajstić information content (AvgIpc) is 3.76. The first-order valence-corrected chi connectivity index (χ1v) is 21.1. The van der Waals surface area contributed by atoms with Gasteiger partial charge in [0.15, 0.2) is 6.10 Å². The molecule has 0 fully saturated rings. The lowest BCUT2D eigenvalue weighted by atomic mass is 10.00. The van der Waals surface area contributed by atoms with E-state index in [-0.39, 0.29) is 71.3 Å². The predicted octanol–water partition coefficient (Wildman–Crippen LogP) is 4.67. The molecule has 20 nitrogen and oxygen atoms in total. The van der Waals surface area contributed by atoms with Gasteiger partial charge in [-0.2, -0.15) is 5.26 Å². The summed E-state index contributed by atoms with van der Waals surface area (Å²) in [5, 5.41) is 31.5. The number of nitrogens with one attached hydrogen (secondary N) is 1. The highest BCUT2D eigenvalue weighted by atomic mass is 35.5. The van der Waals surface area contributed by atoms with Gasteiger partial charge in [0.2, 0.25) is 17.5 Å². The number of nitriles is 1. The molecule has 0 aliphatic rings. The maximum atomic E-state index is 13.1. The summed E-state index contributed by atoms with van der Waals surface area (Å²) in [6.07, 6.45) is -0.843. The van der Waals surface area contributed by atoms with E-state index >= 15 is 0 Å². The second-order valence-electron chi connectivity index (χ2n) is 14.5. The van der Waals surface area contributed by atoms with Crippen LogP contribution < -0.4 is 27.3 Å². The fraction of sp³-hybridized carbons (Fsp3) is 0.349. The number of amides is 1. The zero-order valence-corrected chi connectivity index (χ0v) is 36.6. The van der Waals surface area contributed by atoms with E-state index in [1.54, 1.807) is 36.4 Å². The molecule has 0 aliphatic heterocycles. The van der Waals surface area contributed by atoms with Gasteiger partial charge >= 0.3 is 23.9 Å². The molecule has 2 heterocycles. The van der Waals surface area contributed by atoms with Crippen molar-refractivity contribution in [3.05, 3.63) is 82.5 Å². The number of carboxylic acid groups (broad SMARTS) is 2. The van der Waals surface area contributed by atoms with Crippen LogP contribution in [0.4, 0.5) is 11.5 Å². The predicted molar refractivity (Wildman–Crippen MR) is 234 cm³/mol. The third-order valence-corrected chi connectivity index (χ3v) is 10.6. The highest BCUT2D eigenvalue weighted by Crippen LogP contribution is 2.42. The first kappa shape index (κ1) is 50.6. The number of nitrogen functional groups attached to an aromatic ring is 1. The number of ketones is 1. The summed E-state index contributed by atoms with van der Waals surface area (Å²) in [5.41, 5.74) is 19.1. The standard InChI is InChI=1S/C43H45ClN8O12S/c1-22(16-28(53)10-13-32(46)40(55)56)42(59)63-20-30(64-43(60)23(2)50-34(54)15-14-33(47)41(57)58)19-61-29-11-6-24(7-12-29)35-31(17-45)39(52-37(48)36(35)49-3)65-21-27-18-62-38(51-27)25-4-8-26(44)9-5-25/h4-9,11-12,18,22-23,30,32-33H,10,13-16,19-21,46-47H2,1-2H3,(H2,48,52)(H,50,54)(H,55,56)(H,57,58)/t22-,23+,30+,32+,33+/m1/s1. The molecular weight excluding hydrogens is 888 g/mol. The van der Waals surface area contributed by atoms with Crippen molar-refractivity contribution in [3.8, 4) is 34.4 Å². The second-order valence-corrected chi connectivity index (χ2v) is 15.9. The summed E-state index contributed by atoms with van der Waals surface area (Å²) >= 11 is 7.16. The number of carbonyl (C=O) groups excluding carboxylic acids is 4. The number of thioether (sulfide) groups is 1. The third-order valence-electron chi connectivity index (χ3n) is 9.38. The number of carbonyl (C=O) groups is 6. The SMILES string of the molecule is [C-]#[N+]c1c(N)nc(SCc2coc(-c3ccc(Cl)cc3)n2)c(C#N)c1-c1ccc(OC[C@@H](COC(=O)[C@H](C)CC(=O)CC[C@H](N)C(=O)O)OC(=O)[C@H](C)NC(=O)CC[C@H](N)C(=O)O)cc1. The van der Waals surface area contributed by atoms with E-state index in [4.69, 9.17) is 64.2 Å². The Morgan fingerprint density at radius 2 is 1.57 bits per heavy atom. The molecular formula is C43H45ClN8O12S. The summed E-state index contributed by atoms with van der Waals surface area (Å²) < 4.78 is 22.4. The number of ether oxygens (including phenoxy) is 3. The number of rotatable bonds is 24. The lowest BCUT2D eigenvalue weighted by Crippen LogP contribution is -2.43. The Labute approximate surface area is 381 Å². The summed E-state index contributed by atoms with van der Waals surface area (Å²) in [6.45, 7) is 9.63. The van der Waals surface area contributed by atoms with Gasteiger partial charge in [0.25, 0.3) is 0 Å². The molecule has 0 radical (unpaired) electrons. The molecule has 0 aliphatic carbocycles. The van der Waals surface area contributed by atoms with E-state index in [0.717, 1.165) is 0 Å². The number of pyridine rings is 1. The Bertz CT molecular complexity index is 2450. The number of anilines is 1. The molecule has 0 spiro atoms. The Morgan fingerprint density at radius 1 is 0.938 bits per heavy atom. The Morgan fingerprint density at radius 3 is 2.18 bits per heavy atom. The molecule has 2 aromatic heterocycles. The highest BCUT2D eigenvalue weighted by Gasteiger charge is 2.27. The Hall–Kier alpha value is -7.04. The molecule has 1 amide bonds. The van der Waals surface area contributed by atoms with Gasteiger partial charge in [-0.15, -0.1) is 0 Å². The van der Waals surface area contributed by atoms with E-state index < -0.39 is 78.9 Å². The van der Waals surface area contributed by atoms with E-state index in [0.29, 0.717) is 27.7 Å². The van der Waals surface area contributed by atoms with Gasteiger partial charge < -0.3 is 51.4 Å². The molecule has 5 atom stereocenters. The van der Waals surface area contributed by atoms with Crippen LogP contribution in [0.1, 0.15) is 57.2 Å². The van der Waals surface area contributed by atoms with Crippen LogP contribution in [0.5, 0.6) is 5.75 Å². The van der Waals surface area contributed by atoms with Crippen LogP contribution in [-0.4, -0.2) is 93.2 Å². The van der Waals surface area contributed by atoms with E-state index in [1.807, 2.05) is 0 Å². The quantitative estimate of drug-likeness (QED) is 0.0316. The normalized spacial score (nSPS) is 13.2. The van der Waals surface area contributed by atoms with Crippen LogP contribution in [0.15, 0.2) is 64.2 Å². The number of carboxylic acids is 2. The number of hydrogen-bond acceptors (Lipinski definition) is 17. The average molecular weight is 933 g/mol. The van der Waals surface area contributed by atoms with Crippen molar-refractivity contribution in [3.63, 3.8) is 0 Å². The molecule has 342 valence electrons. The van der Waals surface area contributed by atoms with Gasteiger partial charge in [0.05, 0.1) is 23.7 Å². The minimum absolute atomic E-state index is 0.0504. The van der Waals surface area contributed by atoms with Gasteiger partial charge in [-0.05, 0) is 61.7 Å². The van der Waals surface area contributed by atoms with Crippen LogP contribution >= 0.6 is 23.4 Å². The summed E-state index contributed by atoms with van der Waals surface area (Å²) in [7, 11) is 0. The zero-order valence-electron chi connectivity index (χ0n) is 35.0. The summed E-state index contributed by atoms with van der Waals surface area (Å²) in [6, 6.07) is 11.5. The van der Waals surface area contributed by atoms with Gasteiger partial charge in [0, 0.05) is 41.2 Å². The molecule has 0 unspecified atom stereocenters. The summed E-state index contributed by atoms with van der Waals surface area (Å²) in [4.78, 5) is 85.2. The van der Waals surface area contributed by atoms with E-state index in [1.165, 1.54) is 44.0 Å². The molecule has 4 aromatic rings. The van der Waals surface area contributed by atoms with Gasteiger partial charge in [-0.3, -0.25) is 24.0 Å². The molecule has 2 aromatic carbocycles. The number of benzene rings is 2. The third kappa shape index (κ3) is 15.0. The minimum Gasteiger partial charge on any atom is -0.490 e. The monoisotopic (exact) mass is 932 g/mol. The number of oxazole rings is 1. The molecule has 65 heavy (non-hydrogen) atoms. The van der Waals surface area contributed by atoms with Crippen molar-refractivity contribution in [2.75, 3.05) is 18.9 Å². The molecule has 0 saturated heterocycles. The number of hydrogen-bond donors (Lipinski definition) is 6. The van der Waals surface area contributed by atoms with Crippen LogP contribution in [-0.2, 0) is 44.0 Å². The first-order chi connectivity index (χ1) is 30.9. The first-order valence-electron chi connectivity index (χ1n) is 19.7. The Kier molecular flexibility index (Phi) is 18.8. The number of nitrogens with zero attached hydrogens (tertiary/aromatic N) is 4. The van der Waals surface area contributed by atoms with Gasteiger partial charge in [-0.1, -0.05) is 42.4 Å². The molecule has 9 N–H and O–H groups in total. The highest BCUT2D eigenvalue weighted by molar-refractivity contribution is 7.98. The van der Waals surface area contributed by atoms with E-state index in [2.05, 4.69) is 26.2 Å².